The smallest absolute Gasteiger partial charge is 0.243 e. The summed E-state index contributed by atoms with van der Waals surface area (Å²) in [6.07, 6.45) is -0.0725. The number of aryl methyl sites for hydroxylation is 1. The normalized spacial score (nSPS) is 12.4. The first kappa shape index (κ1) is 23.8. The highest BCUT2D eigenvalue weighted by molar-refractivity contribution is 7.89. The summed E-state index contributed by atoms with van der Waals surface area (Å²) >= 11 is 6.00. The van der Waals surface area contributed by atoms with Gasteiger partial charge in [0.1, 0.15) is 5.75 Å². The number of rotatable bonds is 8. The van der Waals surface area contributed by atoms with Gasteiger partial charge in [-0.2, -0.15) is 4.31 Å². The van der Waals surface area contributed by atoms with Crippen LogP contribution >= 0.6 is 11.6 Å². The van der Waals surface area contributed by atoms with Crippen molar-refractivity contribution in [3.63, 3.8) is 0 Å². The summed E-state index contributed by atoms with van der Waals surface area (Å²) in [5, 5.41) is 3.44. The summed E-state index contributed by atoms with van der Waals surface area (Å²) in [4.78, 5) is 13.1. The third kappa shape index (κ3) is 5.48. The maximum atomic E-state index is 13.3. The average Bonchev–Trinajstić information content (AvgIpc) is 2.79. The van der Waals surface area contributed by atoms with Crippen molar-refractivity contribution in [3.8, 4) is 5.75 Å². The van der Waals surface area contributed by atoms with E-state index in [1.54, 1.807) is 67.8 Å². The van der Waals surface area contributed by atoms with Crippen molar-refractivity contribution in [2.75, 3.05) is 19.5 Å². The Morgan fingerprint density at radius 3 is 2.31 bits per heavy atom. The number of amides is 1. The second-order valence-corrected chi connectivity index (χ2v) is 9.77. The van der Waals surface area contributed by atoms with Gasteiger partial charge in [0, 0.05) is 24.2 Å². The van der Waals surface area contributed by atoms with Crippen molar-refractivity contribution < 1.29 is 17.9 Å². The standard InChI is InChI=1S/C24H25ClN2O4S/c1-17-15-19(25)11-14-22(17)26-24(28)16-23(18-9-12-20(31-3)13-10-18)27(2)32(29,30)21-7-5-4-6-8-21/h4-15,23H,16H2,1-3H3,(H,26,28)/t23-/m1/s1. The van der Waals surface area contributed by atoms with Crippen molar-refractivity contribution in [3.05, 3.63) is 88.9 Å². The monoisotopic (exact) mass is 472 g/mol. The van der Waals surface area contributed by atoms with Crippen LogP contribution in [-0.4, -0.2) is 32.8 Å². The molecular formula is C24H25ClN2O4S. The lowest BCUT2D eigenvalue weighted by Gasteiger charge is -2.28. The Bertz CT molecular complexity index is 1180. The van der Waals surface area contributed by atoms with E-state index in [1.807, 2.05) is 6.92 Å². The number of sulfonamides is 1. The number of carbonyl (C=O) groups excluding carboxylic acids is 1. The molecule has 8 heteroatoms. The van der Waals surface area contributed by atoms with Gasteiger partial charge < -0.3 is 10.1 Å². The Balaban J connectivity index is 1.92. The van der Waals surface area contributed by atoms with Gasteiger partial charge >= 0.3 is 0 Å². The summed E-state index contributed by atoms with van der Waals surface area (Å²) in [6, 6.07) is 19.6. The molecule has 3 aromatic carbocycles. The summed E-state index contributed by atoms with van der Waals surface area (Å²) in [5.41, 5.74) is 2.12. The zero-order valence-corrected chi connectivity index (χ0v) is 19.7. The van der Waals surface area contributed by atoms with Crippen LogP contribution in [0.4, 0.5) is 5.69 Å². The van der Waals surface area contributed by atoms with Gasteiger partial charge in [0.05, 0.1) is 18.0 Å². The van der Waals surface area contributed by atoms with Gasteiger partial charge in [-0.05, 0) is 60.5 Å². The predicted octanol–water partition coefficient (Wildman–Crippen LogP) is 5.05. The van der Waals surface area contributed by atoms with Gasteiger partial charge in [0.15, 0.2) is 0 Å². The first-order valence-electron chi connectivity index (χ1n) is 9.95. The maximum Gasteiger partial charge on any atom is 0.243 e. The zero-order chi connectivity index (χ0) is 23.3. The number of carbonyl (C=O) groups is 1. The van der Waals surface area contributed by atoms with E-state index in [4.69, 9.17) is 16.3 Å². The molecule has 1 atom stereocenters. The zero-order valence-electron chi connectivity index (χ0n) is 18.1. The van der Waals surface area contributed by atoms with Crippen molar-refractivity contribution >= 4 is 33.2 Å². The Kier molecular flexibility index (Phi) is 7.56. The molecule has 0 aliphatic carbocycles. The molecule has 0 spiro atoms. The number of hydrogen-bond acceptors (Lipinski definition) is 4. The fourth-order valence-corrected chi connectivity index (χ4v) is 4.94. The number of halogens is 1. The number of anilines is 1. The number of nitrogens with zero attached hydrogens (tertiary/aromatic N) is 1. The van der Waals surface area contributed by atoms with Gasteiger partial charge in [0.2, 0.25) is 15.9 Å². The third-order valence-electron chi connectivity index (χ3n) is 5.20. The van der Waals surface area contributed by atoms with Crippen molar-refractivity contribution in [1.82, 2.24) is 4.31 Å². The molecule has 0 aliphatic heterocycles. The van der Waals surface area contributed by atoms with Gasteiger partial charge in [0.25, 0.3) is 0 Å². The van der Waals surface area contributed by atoms with Gasteiger partial charge in [-0.15, -0.1) is 0 Å². The summed E-state index contributed by atoms with van der Waals surface area (Å²) in [6.45, 7) is 1.84. The largest absolute Gasteiger partial charge is 0.497 e. The highest BCUT2D eigenvalue weighted by Gasteiger charge is 2.31. The van der Waals surface area contributed by atoms with E-state index < -0.39 is 16.1 Å². The fraction of sp³-hybridized carbons (Fsp3) is 0.208. The van der Waals surface area contributed by atoms with Gasteiger partial charge in [-0.25, -0.2) is 8.42 Å². The van der Waals surface area contributed by atoms with Crippen molar-refractivity contribution in [1.29, 1.82) is 0 Å². The Morgan fingerprint density at radius 2 is 1.72 bits per heavy atom. The second kappa shape index (κ2) is 10.2. The van der Waals surface area contributed by atoms with Gasteiger partial charge in [-0.3, -0.25) is 4.79 Å². The molecule has 3 rings (SSSR count). The Labute approximate surface area is 193 Å². The number of hydrogen-bond donors (Lipinski definition) is 1. The Hall–Kier alpha value is -2.87. The fourth-order valence-electron chi connectivity index (χ4n) is 3.35. The van der Waals surface area contributed by atoms with Gasteiger partial charge in [-0.1, -0.05) is 41.9 Å². The third-order valence-corrected chi connectivity index (χ3v) is 7.32. The van der Waals surface area contributed by atoms with E-state index in [1.165, 1.54) is 23.5 Å². The highest BCUT2D eigenvalue weighted by atomic mass is 35.5. The summed E-state index contributed by atoms with van der Waals surface area (Å²) in [5.74, 6) is 0.327. The minimum absolute atomic E-state index is 0.0725. The van der Waals surface area contributed by atoms with E-state index in [0.29, 0.717) is 22.0 Å². The molecule has 0 heterocycles. The van der Waals surface area contributed by atoms with Crippen LogP contribution in [0.5, 0.6) is 5.75 Å². The van der Waals surface area contributed by atoms with Crippen molar-refractivity contribution in [2.45, 2.75) is 24.3 Å². The molecule has 1 amide bonds. The predicted molar refractivity (Wildman–Crippen MR) is 127 cm³/mol. The van der Waals surface area contributed by atoms with Crippen LogP contribution in [0, 0.1) is 6.92 Å². The first-order valence-corrected chi connectivity index (χ1v) is 11.8. The van der Waals surface area contributed by atoms with Crippen LogP contribution in [0.1, 0.15) is 23.6 Å². The van der Waals surface area contributed by atoms with Crippen LogP contribution < -0.4 is 10.1 Å². The lowest BCUT2D eigenvalue weighted by molar-refractivity contribution is -0.117. The number of benzene rings is 3. The van der Waals surface area contributed by atoms with Crippen LogP contribution in [0.25, 0.3) is 0 Å². The van der Waals surface area contributed by atoms with E-state index in [9.17, 15) is 13.2 Å². The number of nitrogens with one attached hydrogen (secondary N) is 1. The molecule has 6 nitrogen and oxygen atoms in total. The van der Waals surface area contributed by atoms with Crippen LogP contribution in [0.15, 0.2) is 77.7 Å². The molecule has 0 aromatic heterocycles. The lowest BCUT2D eigenvalue weighted by atomic mass is 10.0. The van der Waals surface area contributed by atoms with Crippen LogP contribution in [0.2, 0.25) is 5.02 Å². The van der Waals surface area contributed by atoms with Crippen LogP contribution in [-0.2, 0) is 14.8 Å². The molecule has 1 N–H and O–H groups in total. The summed E-state index contributed by atoms with van der Waals surface area (Å²) < 4.78 is 33.0. The second-order valence-electron chi connectivity index (χ2n) is 7.33. The average molecular weight is 473 g/mol. The quantitative estimate of drug-likeness (QED) is 0.498. The minimum Gasteiger partial charge on any atom is -0.497 e. The molecule has 0 bridgehead atoms. The molecule has 32 heavy (non-hydrogen) atoms. The first-order chi connectivity index (χ1) is 15.2. The number of ether oxygens (including phenoxy) is 1. The lowest BCUT2D eigenvalue weighted by Crippen LogP contribution is -2.34. The SMILES string of the molecule is COc1ccc([C@@H](CC(=O)Nc2ccc(Cl)cc2C)N(C)S(=O)(=O)c2ccccc2)cc1. The van der Waals surface area contributed by atoms with E-state index in [2.05, 4.69) is 5.32 Å². The highest BCUT2D eigenvalue weighted by Crippen LogP contribution is 2.31. The van der Waals surface area contributed by atoms with E-state index in [0.717, 1.165) is 5.56 Å². The molecule has 0 radical (unpaired) electrons. The van der Waals surface area contributed by atoms with E-state index in [-0.39, 0.29) is 17.2 Å². The van der Waals surface area contributed by atoms with Crippen molar-refractivity contribution in [2.24, 2.45) is 0 Å². The summed E-state index contributed by atoms with van der Waals surface area (Å²) in [7, 11) is -0.790. The molecule has 0 saturated heterocycles. The molecule has 168 valence electrons. The molecule has 0 saturated carbocycles. The molecule has 3 aromatic rings. The molecular weight excluding hydrogens is 448 g/mol. The maximum absolute atomic E-state index is 13.3. The minimum atomic E-state index is -3.83. The van der Waals surface area contributed by atoms with Crippen LogP contribution in [0.3, 0.4) is 0 Å². The topological polar surface area (TPSA) is 75.7 Å². The Morgan fingerprint density at radius 1 is 1.06 bits per heavy atom. The molecule has 0 unspecified atom stereocenters. The molecule has 0 fully saturated rings. The number of methoxy groups -OCH3 is 1. The molecule has 0 aliphatic rings. The van der Waals surface area contributed by atoms with E-state index >= 15 is 0 Å².